The Morgan fingerprint density at radius 3 is 1.29 bits per heavy atom. The Morgan fingerprint density at radius 1 is 0.447 bits per heavy atom. The van der Waals surface area contributed by atoms with E-state index in [9.17, 15) is 0 Å². The van der Waals surface area contributed by atoms with Crippen LogP contribution in [-0.4, -0.2) is 41.3 Å². The second kappa shape index (κ2) is 9.84. The zero-order valence-electron chi connectivity index (χ0n) is 23.6. The van der Waals surface area contributed by atoms with E-state index in [1.807, 2.05) is 0 Å². The molecule has 0 heterocycles. The number of benzene rings is 4. The van der Waals surface area contributed by atoms with E-state index in [4.69, 9.17) is 0 Å². The quantitative estimate of drug-likeness (QED) is 0.138. The van der Waals surface area contributed by atoms with Crippen molar-refractivity contribution in [2.75, 3.05) is 41.3 Å². The van der Waals surface area contributed by atoms with Crippen molar-refractivity contribution in [1.82, 2.24) is 8.97 Å². The largest absolute Gasteiger partial charge is 0.296 e. The monoisotopic (exact) mass is 502 g/mol. The molecule has 2 heteroatoms. The molecule has 0 saturated heterocycles. The fraction of sp³-hybridized carbons (Fsp3) is 0.333. The van der Waals surface area contributed by atoms with Crippen LogP contribution in [0, 0.1) is 0 Å². The lowest BCUT2D eigenvalue weighted by molar-refractivity contribution is 0.363. The second-order valence-corrected chi connectivity index (χ2v) is 12.6. The molecule has 0 atom stereocenters. The van der Waals surface area contributed by atoms with Crippen molar-refractivity contribution in [3.8, 4) is 22.3 Å². The van der Waals surface area contributed by atoms with Gasteiger partial charge in [0, 0.05) is 12.1 Å². The van der Waals surface area contributed by atoms with Gasteiger partial charge in [-0.25, -0.2) is 0 Å². The Kier molecular flexibility index (Phi) is 6.50. The van der Waals surface area contributed by atoms with E-state index in [1.54, 1.807) is 0 Å². The molecule has 0 aliphatic heterocycles. The molecule has 0 bridgehead atoms. The highest BCUT2D eigenvalue weighted by Gasteiger charge is 2.25. The van der Waals surface area contributed by atoms with E-state index in [1.165, 1.54) is 94.7 Å². The van der Waals surface area contributed by atoms with Crippen LogP contribution in [0.4, 0.5) is 11.4 Å². The predicted molar refractivity (Wildman–Crippen MR) is 165 cm³/mol. The molecule has 0 unspecified atom stereocenters. The van der Waals surface area contributed by atoms with E-state index < -0.39 is 0 Å². The first-order valence-electron chi connectivity index (χ1n) is 14.4. The van der Waals surface area contributed by atoms with Crippen LogP contribution in [-0.2, 0) is 12.8 Å². The molecule has 2 aliphatic carbocycles. The van der Waals surface area contributed by atoms with Gasteiger partial charge in [-0.3, -0.25) is 8.97 Å². The molecule has 4 aromatic carbocycles. The summed E-state index contributed by atoms with van der Waals surface area (Å²) in [6, 6.07) is 32.1. The first-order chi connectivity index (χ1) is 18.3. The number of unbranched alkanes of at least 4 members (excludes halogenated alkanes) is 3. The molecule has 0 saturated carbocycles. The van der Waals surface area contributed by atoms with E-state index in [0.29, 0.717) is 0 Å². The first kappa shape index (κ1) is 25.1. The summed E-state index contributed by atoms with van der Waals surface area (Å²) < 4.78 is 1.92. The van der Waals surface area contributed by atoms with Crippen molar-refractivity contribution in [3.05, 3.63) is 107 Å². The van der Waals surface area contributed by atoms with Gasteiger partial charge in [0.2, 0.25) is 0 Å². The predicted octanol–water partition coefficient (Wildman–Crippen LogP) is 8.22. The Labute approximate surface area is 229 Å². The van der Waals surface area contributed by atoms with Crippen LogP contribution >= 0.6 is 0 Å². The van der Waals surface area contributed by atoms with Crippen molar-refractivity contribution >= 4 is 11.4 Å². The lowest BCUT2D eigenvalue weighted by atomic mass is 10.0. The molecule has 4 aromatic rings. The molecule has 0 aromatic heterocycles. The van der Waals surface area contributed by atoms with Gasteiger partial charge in [-0.15, -0.1) is 0 Å². The van der Waals surface area contributed by atoms with Crippen molar-refractivity contribution in [2.45, 2.75) is 38.5 Å². The SMILES string of the molecule is C[N+](C)(CCCCCC[N+](C)(C)c1ccc2c(c1)Cc1ccccc1-2)c1ccc2c(c1)Cc1ccccc1-2. The fourth-order valence-electron chi connectivity index (χ4n) is 6.64. The third kappa shape index (κ3) is 4.72. The molecule has 0 radical (unpaired) electrons. The molecule has 194 valence electrons. The molecular weight excluding hydrogens is 460 g/mol. The summed E-state index contributed by atoms with van der Waals surface area (Å²) in [7, 11) is 9.48. The van der Waals surface area contributed by atoms with E-state index in [-0.39, 0.29) is 0 Å². The molecule has 2 nitrogen and oxygen atoms in total. The number of nitrogens with zero attached hydrogens (tertiary/aromatic N) is 2. The van der Waals surface area contributed by atoms with E-state index in [2.05, 4.69) is 113 Å². The average Bonchev–Trinajstić information content (AvgIpc) is 3.48. The van der Waals surface area contributed by atoms with E-state index >= 15 is 0 Å². The Bertz CT molecular complexity index is 1360. The molecular formula is C36H42N2+2. The van der Waals surface area contributed by atoms with Crippen molar-refractivity contribution in [1.29, 1.82) is 0 Å². The zero-order chi connectivity index (χ0) is 26.3. The van der Waals surface area contributed by atoms with Crippen LogP contribution in [0.15, 0.2) is 84.9 Å². The van der Waals surface area contributed by atoms with Crippen LogP contribution in [0.5, 0.6) is 0 Å². The summed E-state index contributed by atoms with van der Waals surface area (Å²) in [5.41, 5.74) is 14.5. The number of rotatable bonds is 9. The maximum absolute atomic E-state index is 2.46. The summed E-state index contributed by atoms with van der Waals surface area (Å²) in [6.45, 7) is 2.38. The topological polar surface area (TPSA) is 0 Å². The second-order valence-electron chi connectivity index (χ2n) is 12.6. The lowest BCUT2D eigenvalue weighted by Crippen LogP contribution is -2.42. The van der Waals surface area contributed by atoms with Gasteiger partial charge in [0.1, 0.15) is 11.4 Å². The van der Waals surface area contributed by atoms with Crippen LogP contribution in [0.2, 0.25) is 0 Å². The summed E-state index contributed by atoms with van der Waals surface area (Å²) in [5, 5.41) is 0. The summed E-state index contributed by atoms with van der Waals surface area (Å²) in [5.74, 6) is 0. The van der Waals surface area contributed by atoms with Crippen molar-refractivity contribution in [2.24, 2.45) is 0 Å². The van der Waals surface area contributed by atoms with Gasteiger partial charge in [0.25, 0.3) is 0 Å². The van der Waals surface area contributed by atoms with Crippen molar-refractivity contribution in [3.63, 3.8) is 0 Å². The third-order valence-corrected chi connectivity index (χ3v) is 9.14. The Hall–Kier alpha value is -3.20. The standard InChI is InChI=1S/C36H42N2/c1-37(2,31-17-19-35-29(25-31)23-27-13-7-9-15-33(27)35)21-11-5-6-12-22-38(3,4)32-18-20-36-30(26-32)24-28-14-8-10-16-34(28)36/h7-10,13-20,25-26H,5-6,11-12,21-24H2,1-4H3/q+2. The highest BCUT2D eigenvalue weighted by molar-refractivity contribution is 5.79. The fourth-order valence-corrected chi connectivity index (χ4v) is 6.64. The number of fused-ring (bicyclic) bond motifs is 6. The lowest BCUT2D eigenvalue weighted by Gasteiger charge is -2.31. The highest BCUT2D eigenvalue weighted by atomic mass is 15.3. The maximum atomic E-state index is 2.46. The normalized spacial score (nSPS) is 13.7. The third-order valence-electron chi connectivity index (χ3n) is 9.14. The minimum Gasteiger partial charge on any atom is -0.296 e. The zero-order valence-corrected chi connectivity index (χ0v) is 23.6. The summed E-state index contributed by atoms with van der Waals surface area (Å²) in [4.78, 5) is 0. The molecule has 6 rings (SSSR count). The van der Waals surface area contributed by atoms with Crippen LogP contribution in [0.25, 0.3) is 22.3 Å². The number of quaternary nitrogens is 2. The first-order valence-corrected chi connectivity index (χ1v) is 14.4. The summed E-state index contributed by atoms with van der Waals surface area (Å²) in [6.07, 6.45) is 7.30. The number of hydrogen-bond donors (Lipinski definition) is 0. The molecule has 0 amide bonds. The van der Waals surface area contributed by atoms with Gasteiger partial charge >= 0.3 is 0 Å². The van der Waals surface area contributed by atoms with Crippen molar-refractivity contribution < 1.29 is 0 Å². The molecule has 38 heavy (non-hydrogen) atoms. The van der Waals surface area contributed by atoms with Gasteiger partial charge in [-0.1, -0.05) is 48.5 Å². The van der Waals surface area contributed by atoms with Gasteiger partial charge in [-0.2, -0.15) is 0 Å². The molecule has 0 fully saturated rings. The van der Waals surface area contributed by atoms with Gasteiger partial charge < -0.3 is 0 Å². The minimum absolute atomic E-state index is 0.961. The van der Waals surface area contributed by atoms with Gasteiger partial charge in [-0.05, 0) is 107 Å². The van der Waals surface area contributed by atoms with Crippen LogP contribution in [0.3, 0.4) is 0 Å². The average molecular weight is 503 g/mol. The Balaban J connectivity index is 0.993. The van der Waals surface area contributed by atoms with Crippen LogP contribution in [0.1, 0.15) is 47.9 Å². The van der Waals surface area contributed by atoms with E-state index in [0.717, 1.165) is 21.8 Å². The van der Waals surface area contributed by atoms with Gasteiger partial charge in [0.05, 0.1) is 41.3 Å². The van der Waals surface area contributed by atoms with Crippen LogP contribution < -0.4 is 8.97 Å². The minimum atomic E-state index is 0.961. The highest BCUT2D eigenvalue weighted by Crippen LogP contribution is 2.40. The smallest absolute Gasteiger partial charge is 0.132 e. The molecule has 0 spiro atoms. The van der Waals surface area contributed by atoms with Gasteiger partial charge in [0.15, 0.2) is 0 Å². The Morgan fingerprint density at radius 2 is 0.842 bits per heavy atom. The molecule has 2 aliphatic rings. The summed E-state index contributed by atoms with van der Waals surface area (Å²) >= 11 is 0. The molecule has 0 N–H and O–H groups in total. The maximum Gasteiger partial charge on any atom is 0.132 e. The number of hydrogen-bond acceptors (Lipinski definition) is 0.